The number of rotatable bonds is 48. The van der Waals surface area contributed by atoms with Crippen molar-refractivity contribution in [3.05, 3.63) is 143 Å². The molecule has 1 aromatic heterocycles. The van der Waals surface area contributed by atoms with E-state index in [9.17, 15) is 52.7 Å². The van der Waals surface area contributed by atoms with Gasteiger partial charge in [0.05, 0.1) is 44.3 Å². The summed E-state index contributed by atoms with van der Waals surface area (Å²) in [4.78, 5) is 133. The van der Waals surface area contributed by atoms with Gasteiger partial charge in [-0.1, -0.05) is 140 Å². The van der Waals surface area contributed by atoms with Crippen molar-refractivity contribution in [2.24, 2.45) is 38.7 Å². The second-order valence-corrected chi connectivity index (χ2v) is 34.9. The summed E-state index contributed by atoms with van der Waals surface area (Å²) in [5, 5.41) is 44.9. The number of isocyanates is 2. The van der Waals surface area contributed by atoms with E-state index >= 15 is 0 Å². The van der Waals surface area contributed by atoms with Crippen LogP contribution >= 0.6 is 32.0 Å². The van der Waals surface area contributed by atoms with E-state index in [4.69, 9.17) is 68.1 Å². The molecule has 14 amide bonds. The van der Waals surface area contributed by atoms with Gasteiger partial charge in [0.1, 0.15) is 0 Å². The number of nitrogens with two attached hydrogens (primary N) is 5. The summed E-state index contributed by atoms with van der Waals surface area (Å²) in [6.45, 7) is 11.5. The molecule has 825 valence electrons. The second kappa shape index (κ2) is 99.5. The van der Waals surface area contributed by atoms with Crippen LogP contribution in [0.3, 0.4) is 0 Å². The van der Waals surface area contributed by atoms with Gasteiger partial charge in [0.15, 0.2) is 0 Å². The van der Waals surface area contributed by atoms with Crippen LogP contribution in [0.25, 0.3) is 0 Å². The van der Waals surface area contributed by atoms with Gasteiger partial charge < -0.3 is 161 Å². The van der Waals surface area contributed by atoms with Crippen molar-refractivity contribution in [2.75, 3.05) is 132 Å². The van der Waals surface area contributed by atoms with Crippen LogP contribution in [0.1, 0.15) is 229 Å². The number of benzene rings is 4. The van der Waals surface area contributed by atoms with Crippen LogP contribution in [-0.2, 0) is 67.7 Å². The molecule has 0 radical (unpaired) electrons. The molecule has 49 heteroatoms. The molecule has 2 aliphatic carbocycles. The standard InChI is InChI=1S/C38H44N6O6.C32H56N8O3S.2C8H15N3O2.C7H17N3O.2CH4.2ClH.Mn.8H3N/c1-27(45)40-21-22-41-36(46)42-33-15-7-29(8-16-33)26-31-11-19-35(20-12-31)44-38(48)50-24-4-3-23-49-37(47)43-34-17-9-30(10-18-34)25-28-5-13-32(39-2)14-6-28;33-31(41)36-14-7-1-2-8-15-37-32(42)43-18-9-19-44-26-20-24-22-38-29-12-5-3-10-27(29)34-16-17-35-28-11-4-6-13-30(28)39-23-25(21-26)40-24;2*9-8(13)11-6-4-2-1-3-5-10-7-12;8-5-3-1-2-4-6-10-7(9)11;;;;;;;;;;;;;/h5-20,39H,3-4,21-26H2,1-2H3,(H,40,45)(H,43,47)(H,44,48)(H2,41,42,46);20-21,27-30,34-35,38-39H,1-19,22-23H2,(H,37,42)(H3,33,36,41);2*1-6H2,(H3,9,11,13);1-6,8H2,(H3,9,10,11);2*1H4;2*1H;;8*1H3/q;;;;;;;;;+2;;;;;;;;/p-2/t;27-,28+,29+,30-;;;;;;;;;;;;;;;;. The molecule has 0 saturated heterocycles. The quantitative estimate of drug-likeness (QED) is 0.00429. The summed E-state index contributed by atoms with van der Waals surface area (Å²) in [5.74, 6) is 0.729. The minimum atomic E-state index is -0.558. The topological polar surface area (TPSA) is 844 Å². The molecule has 8 rings (SSSR count). The third-order valence-electron chi connectivity index (χ3n) is 20.9. The van der Waals surface area contributed by atoms with E-state index in [1.807, 2.05) is 91.6 Å². The summed E-state index contributed by atoms with van der Waals surface area (Å²) >= 11 is 1.82. The van der Waals surface area contributed by atoms with Crippen LogP contribution in [0, 0.1) is 0 Å². The molecule has 1 aliphatic heterocycles. The summed E-state index contributed by atoms with van der Waals surface area (Å²) in [6.07, 6.45) is 30.6. The number of thioether (sulfide) groups is 1. The molecule has 4 aromatic carbocycles. The van der Waals surface area contributed by atoms with E-state index in [0.29, 0.717) is 126 Å². The number of nitrogens with zero attached hydrogens (tertiary/aromatic N) is 3. The fourth-order valence-corrected chi connectivity index (χ4v) is 15.0. The average molecular weight is 2140 g/mol. The first kappa shape index (κ1) is 148. The number of primary amides is 4. The Morgan fingerprint density at radius 1 is 0.410 bits per heavy atom. The molecule has 2 heterocycles. The van der Waals surface area contributed by atoms with Crippen LogP contribution in [0.15, 0.2) is 124 Å². The number of hydrogen-bond donors (Lipinski definition) is 28. The Kier molecular flexibility index (Phi) is 103. The monoisotopic (exact) mass is 2140 g/mol. The number of fused-ring (bicyclic) bond motifs is 4. The third kappa shape index (κ3) is 81.5. The van der Waals surface area contributed by atoms with Gasteiger partial charge >= 0.3 is 81.8 Å². The zero-order valence-electron chi connectivity index (χ0n) is 83.6. The van der Waals surface area contributed by atoms with Gasteiger partial charge in [0.2, 0.25) is 18.1 Å². The van der Waals surface area contributed by atoms with Crippen molar-refractivity contribution in [1.82, 2.24) is 113 Å². The van der Waals surface area contributed by atoms with Crippen LogP contribution in [0.2, 0.25) is 0 Å². The van der Waals surface area contributed by atoms with E-state index in [1.165, 1.54) is 80.9 Å². The number of ether oxygens (including phenoxy) is 3. The molecule has 0 unspecified atom stereocenters. The number of anilines is 4. The summed E-state index contributed by atoms with van der Waals surface area (Å²) in [7, 11) is 11.5. The van der Waals surface area contributed by atoms with Crippen molar-refractivity contribution in [3.8, 4) is 0 Å². The molecule has 49 N–H and O–H groups in total. The Labute approximate surface area is 872 Å². The molecule has 2 saturated carbocycles. The van der Waals surface area contributed by atoms with E-state index < -0.39 is 36.3 Å². The molecule has 2 bridgehead atoms. The predicted octanol–water partition coefficient (Wildman–Crippen LogP) is 15.5. The number of unbranched alkanes of at least 4 members (excludes halogenated alkanes) is 13. The average Bonchev–Trinajstić information content (AvgIpc) is 1.31. The van der Waals surface area contributed by atoms with E-state index in [-0.39, 0.29) is 108 Å². The Hall–Kier alpha value is -10.9. The minimum absolute atomic E-state index is 0. The zero-order chi connectivity index (χ0) is 97.5. The molecule has 3 aliphatic rings. The second-order valence-electron chi connectivity index (χ2n) is 31.8. The Bertz CT molecular complexity index is 4080. The van der Waals surface area contributed by atoms with Gasteiger partial charge in [-0.15, -0.1) is 11.8 Å². The molecule has 144 heavy (non-hydrogen) atoms. The van der Waals surface area contributed by atoms with Gasteiger partial charge in [0.25, 0.3) is 0 Å². The Morgan fingerprint density at radius 2 is 0.722 bits per heavy atom. The molecule has 2 fully saturated rings. The zero-order valence-corrected chi connectivity index (χ0v) is 87.1. The number of alkyl carbamates (subject to hydrolysis) is 1. The number of amides is 14. The fraction of sp³-hybridized carbons (Fsp3) is 0.579. The molecule has 0 spiro atoms. The third-order valence-corrected chi connectivity index (χ3v) is 22.0. The Balaban J connectivity index is -0.000000296. The number of carbonyl (C=O) groups is 9. The predicted molar refractivity (Wildman–Crippen MR) is 581 cm³/mol. The van der Waals surface area contributed by atoms with Crippen LogP contribution < -0.4 is 158 Å². The fourth-order valence-electron chi connectivity index (χ4n) is 14.1. The van der Waals surface area contributed by atoms with Crippen LogP contribution in [-0.4, -0.2) is 207 Å². The number of hydrogen-bond acceptors (Lipinski definition) is 32. The van der Waals surface area contributed by atoms with Crippen molar-refractivity contribution < 1.29 is 80.1 Å². The maximum atomic E-state index is 12.2. The van der Waals surface area contributed by atoms with Gasteiger partial charge in [-0.05, 0) is 199 Å². The van der Waals surface area contributed by atoms with Crippen LogP contribution in [0.4, 0.5) is 61.1 Å². The number of nitrogens with one attached hydrogen (secondary N) is 15. The Morgan fingerprint density at radius 3 is 1.06 bits per heavy atom. The summed E-state index contributed by atoms with van der Waals surface area (Å²) in [6, 6.07) is 35.1. The number of aromatic nitrogens is 1. The number of aliphatic imine (C=N–C) groups is 2. The molecule has 5 aromatic rings. The number of urea groups is 5. The van der Waals surface area contributed by atoms with E-state index in [2.05, 4.69) is 114 Å². The number of halogens is 2. The maximum absolute atomic E-state index is 12.2. The van der Waals surface area contributed by atoms with Crippen molar-refractivity contribution in [3.63, 3.8) is 0 Å². The first-order valence-electron chi connectivity index (χ1n) is 46.5. The molecule has 45 nitrogen and oxygen atoms in total. The SMILES string of the molecule is C.C.CNc1ccc(Cc2ccc(NC(=O)OCCCCOC(=O)Nc3ccc(Cc4ccc(NC(=O)NCCNC(C)=O)cc4)cc3)cc2)cc1.N.N.N.N.N.N.N.N.NC(=O)NCCCCCCN=C=O.NC(=O)NCCCCCCN=C=O.NC(=O)NCCCCCCNC(=O)OCCCSc1cc2nc(c1)CN[C@@H]1CCCC[C@@H]1NCCN[C@@H]1CCCC[C@@H]1NC2.NCCCCCCNC(N)=O.[Cl][Mn][Cl]. The van der Waals surface area contributed by atoms with Gasteiger partial charge in [0, 0.05) is 144 Å². The number of carbonyl (C=O) groups excluding carboxylic acids is 11. The molecule has 4 atom stereocenters. The van der Waals surface area contributed by atoms with Crippen LogP contribution in [0.5, 0.6) is 0 Å². The summed E-state index contributed by atoms with van der Waals surface area (Å²) in [5.41, 5.74) is 34.6. The molecular weight excluding hydrogens is 1960 g/mol. The normalized spacial score (nSPS) is 13.6. The first-order valence-corrected chi connectivity index (χ1v) is 50.7. The van der Waals surface area contributed by atoms with Crippen molar-refractivity contribution in [1.29, 1.82) is 0 Å². The van der Waals surface area contributed by atoms with E-state index in [1.54, 1.807) is 12.1 Å². The van der Waals surface area contributed by atoms with Gasteiger partial charge in [-0.25, -0.2) is 57.9 Å². The van der Waals surface area contributed by atoms with Crippen molar-refractivity contribution in [2.45, 2.75) is 250 Å². The first-order chi connectivity index (χ1) is 65.0. The van der Waals surface area contributed by atoms with Gasteiger partial charge in [-0.3, -0.25) is 20.4 Å². The number of pyridine rings is 1. The van der Waals surface area contributed by atoms with Gasteiger partial charge in [-0.2, -0.15) is 0 Å². The van der Waals surface area contributed by atoms with Crippen molar-refractivity contribution >= 4 is 121 Å². The molecular formula is C95H179Cl2MnN31O14S. The summed E-state index contributed by atoms with van der Waals surface area (Å²) < 4.78 is 15.9. The van der Waals surface area contributed by atoms with E-state index in [0.717, 1.165) is 188 Å².